The molecule has 0 atom stereocenters. The van der Waals surface area contributed by atoms with Crippen LogP contribution in [0.2, 0.25) is 5.02 Å². The molecule has 1 aromatic carbocycles. The Kier molecular flexibility index (Phi) is 5.30. The summed E-state index contributed by atoms with van der Waals surface area (Å²) in [6.07, 6.45) is 4.64. The first kappa shape index (κ1) is 15.0. The summed E-state index contributed by atoms with van der Waals surface area (Å²) in [5.74, 6) is 0. The first-order valence-corrected chi connectivity index (χ1v) is 6.88. The van der Waals surface area contributed by atoms with Gasteiger partial charge in [-0.25, -0.2) is 0 Å². The van der Waals surface area contributed by atoms with Gasteiger partial charge in [0.25, 0.3) is 0 Å². The molecule has 0 unspecified atom stereocenters. The van der Waals surface area contributed by atoms with Gasteiger partial charge in [-0.15, -0.1) is 0 Å². The van der Waals surface area contributed by atoms with Gasteiger partial charge < -0.3 is 4.90 Å². The number of hydrogen-bond donors (Lipinski definition) is 0. The molecule has 5 heteroatoms. The molecule has 2 rings (SSSR count). The minimum atomic E-state index is 0.376. The maximum Gasteiger partial charge on any atom is 0.152 e. The number of nitriles is 1. The average Bonchev–Trinajstić information content (AvgIpc) is 2.52. The van der Waals surface area contributed by atoms with Crippen LogP contribution in [0.3, 0.4) is 0 Å². The Bertz CT molecular complexity index is 652. The molecule has 1 aromatic heterocycles. The molecule has 0 saturated carbocycles. The van der Waals surface area contributed by atoms with Gasteiger partial charge in [0.05, 0.1) is 12.5 Å². The Morgan fingerprint density at radius 2 is 2.24 bits per heavy atom. The topological polar surface area (TPSA) is 57.0 Å². The average molecular weight is 300 g/mol. The lowest BCUT2D eigenvalue weighted by atomic mass is 10.1. The second kappa shape index (κ2) is 7.41. The molecule has 0 saturated heterocycles. The molecule has 21 heavy (non-hydrogen) atoms. The van der Waals surface area contributed by atoms with Crippen molar-refractivity contribution >= 4 is 23.6 Å². The van der Waals surface area contributed by atoms with Gasteiger partial charge in [-0.3, -0.25) is 9.78 Å². The van der Waals surface area contributed by atoms with Gasteiger partial charge in [-0.1, -0.05) is 17.7 Å². The molecule has 0 aliphatic carbocycles. The van der Waals surface area contributed by atoms with Crippen molar-refractivity contribution in [2.24, 2.45) is 0 Å². The predicted octanol–water partition coefficient (Wildman–Crippen LogP) is 3.47. The van der Waals surface area contributed by atoms with Crippen molar-refractivity contribution in [2.75, 3.05) is 11.4 Å². The largest absolute Gasteiger partial charge is 0.366 e. The van der Waals surface area contributed by atoms with Crippen molar-refractivity contribution in [1.82, 2.24) is 4.98 Å². The van der Waals surface area contributed by atoms with E-state index < -0.39 is 0 Å². The van der Waals surface area contributed by atoms with Gasteiger partial charge in [0.2, 0.25) is 0 Å². The summed E-state index contributed by atoms with van der Waals surface area (Å²) in [5.41, 5.74) is 2.31. The Hall–Kier alpha value is -2.38. The fourth-order valence-electron chi connectivity index (χ4n) is 2.09. The third kappa shape index (κ3) is 4.04. The van der Waals surface area contributed by atoms with Crippen LogP contribution < -0.4 is 4.90 Å². The number of carbonyl (C=O) groups excluding carboxylic acids is 1. The molecule has 106 valence electrons. The van der Waals surface area contributed by atoms with Gasteiger partial charge >= 0.3 is 0 Å². The van der Waals surface area contributed by atoms with E-state index in [2.05, 4.69) is 11.1 Å². The van der Waals surface area contributed by atoms with Crippen molar-refractivity contribution in [3.05, 3.63) is 58.9 Å². The van der Waals surface area contributed by atoms with Crippen molar-refractivity contribution in [3.8, 4) is 6.07 Å². The highest BCUT2D eigenvalue weighted by atomic mass is 35.5. The molecule has 0 N–H and O–H groups in total. The normalized spacial score (nSPS) is 9.90. The third-order valence-corrected chi connectivity index (χ3v) is 3.28. The summed E-state index contributed by atoms with van der Waals surface area (Å²) in [5, 5.41) is 9.34. The fourth-order valence-corrected chi connectivity index (χ4v) is 2.27. The van der Waals surface area contributed by atoms with E-state index in [0.717, 1.165) is 17.5 Å². The first-order chi connectivity index (χ1) is 10.2. The summed E-state index contributed by atoms with van der Waals surface area (Å²) in [4.78, 5) is 17.3. The van der Waals surface area contributed by atoms with Crippen molar-refractivity contribution in [2.45, 2.75) is 13.0 Å². The number of nitrogens with zero attached hydrogens (tertiary/aromatic N) is 3. The molecule has 2 aromatic rings. The number of hydrogen-bond acceptors (Lipinski definition) is 4. The van der Waals surface area contributed by atoms with Crippen LogP contribution in [0, 0.1) is 11.3 Å². The summed E-state index contributed by atoms with van der Waals surface area (Å²) in [6.45, 7) is 1.12. The number of aromatic nitrogens is 1. The van der Waals surface area contributed by atoms with Crippen LogP contribution in [0.1, 0.15) is 22.3 Å². The second-order valence-electron chi connectivity index (χ2n) is 4.51. The predicted molar refractivity (Wildman–Crippen MR) is 82.4 cm³/mol. The van der Waals surface area contributed by atoms with Crippen LogP contribution in [0.5, 0.6) is 0 Å². The summed E-state index contributed by atoms with van der Waals surface area (Å²) in [6, 6.07) is 11.1. The summed E-state index contributed by atoms with van der Waals surface area (Å²) in [7, 11) is 0. The van der Waals surface area contributed by atoms with E-state index in [1.807, 2.05) is 17.0 Å². The number of halogens is 1. The number of rotatable bonds is 6. The Labute approximate surface area is 128 Å². The zero-order chi connectivity index (χ0) is 15.1. The smallest absolute Gasteiger partial charge is 0.152 e. The number of carbonyl (C=O) groups is 1. The van der Waals surface area contributed by atoms with Crippen LogP contribution in [-0.4, -0.2) is 17.8 Å². The van der Waals surface area contributed by atoms with Gasteiger partial charge in [0, 0.05) is 41.8 Å². The van der Waals surface area contributed by atoms with Crippen LogP contribution in [0.25, 0.3) is 0 Å². The maximum atomic E-state index is 11.2. The van der Waals surface area contributed by atoms with Gasteiger partial charge in [0.1, 0.15) is 0 Å². The van der Waals surface area contributed by atoms with E-state index in [-0.39, 0.29) is 0 Å². The molecule has 0 amide bonds. The molecule has 4 nitrogen and oxygen atoms in total. The molecule has 0 spiro atoms. The van der Waals surface area contributed by atoms with E-state index >= 15 is 0 Å². The number of pyridine rings is 1. The van der Waals surface area contributed by atoms with Crippen molar-refractivity contribution in [1.29, 1.82) is 5.26 Å². The minimum Gasteiger partial charge on any atom is -0.366 e. The highest BCUT2D eigenvalue weighted by molar-refractivity contribution is 6.31. The SMILES string of the molecule is N#CCCN(Cc1cccnc1)c1ccc(Cl)cc1C=O. The van der Waals surface area contributed by atoms with E-state index in [1.54, 1.807) is 30.6 Å². The van der Waals surface area contributed by atoms with Crippen molar-refractivity contribution in [3.63, 3.8) is 0 Å². The lowest BCUT2D eigenvalue weighted by molar-refractivity contribution is 0.112. The van der Waals surface area contributed by atoms with Crippen LogP contribution >= 0.6 is 11.6 Å². The number of anilines is 1. The first-order valence-electron chi connectivity index (χ1n) is 6.50. The molecule has 0 aliphatic rings. The van der Waals surface area contributed by atoms with E-state index in [1.165, 1.54) is 0 Å². The molecule has 0 radical (unpaired) electrons. The van der Waals surface area contributed by atoms with E-state index in [9.17, 15) is 4.79 Å². The lowest BCUT2D eigenvalue weighted by Crippen LogP contribution is -2.25. The van der Waals surface area contributed by atoms with E-state index in [0.29, 0.717) is 30.1 Å². The third-order valence-electron chi connectivity index (χ3n) is 3.05. The Morgan fingerprint density at radius 1 is 1.38 bits per heavy atom. The standard InChI is InChI=1S/C16H14ClN3O/c17-15-4-5-16(14(9-15)12-21)20(8-2-6-18)11-13-3-1-7-19-10-13/h1,3-5,7,9-10,12H,2,8,11H2. The monoisotopic (exact) mass is 299 g/mol. The zero-order valence-corrected chi connectivity index (χ0v) is 12.1. The highest BCUT2D eigenvalue weighted by Gasteiger charge is 2.12. The van der Waals surface area contributed by atoms with Gasteiger partial charge in [-0.05, 0) is 29.8 Å². The molecule has 0 aliphatic heterocycles. The summed E-state index contributed by atoms with van der Waals surface area (Å²) < 4.78 is 0. The van der Waals surface area contributed by atoms with Gasteiger partial charge in [-0.2, -0.15) is 5.26 Å². The number of aldehydes is 1. The van der Waals surface area contributed by atoms with Crippen LogP contribution in [0.4, 0.5) is 5.69 Å². The summed E-state index contributed by atoms with van der Waals surface area (Å²) >= 11 is 5.93. The van der Waals surface area contributed by atoms with Crippen LogP contribution in [0.15, 0.2) is 42.7 Å². The molecule has 0 fully saturated rings. The van der Waals surface area contributed by atoms with Crippen molar-refractivity contribution < 1.29 is 4.79 Å². The lowest BCUT2D eigenvalue weighted by Gasteiger charge is -2.25. The Balaban J connectivity index is 2.31. The molecular weight excluding hydrogens is 286 g/mol. The Morgan fingerprint density at radius 3 is 2.90 bits per heavy atom. The number of benzene rings is 1. The zero-order valence-electron chi connectivity index (χ0n) is 11.4. The van der Waals surface area contributed by atoms with Gasteiger partial charge in [0.15, 0.2) is 6.29 Å². The van der Waals surface area contributed by atoms with E-state index in [4.69, 9.17) is 16.9 Å². The fraction of sp³-hybridized carbons (Fsp3) is 0.188. The minimum absolute atomic E-state index is 0.376. The van der Waals surface area contributed by atoms with Crippen LogP contribution in [-0.2, 0) is 6.54 Å². The molecular formula is C16H14ClN3O. The molecule has 1 heterocycles. The highest BCUT2D eigenvalue weighted by Crippen LogP contribution is 2.24. The second-order valence-corrected chi connectivity index (χ2v) is 4.95. The molecule has 0 bridgehead atoms. The maximum absolute atomic E-state index is 11.2. The quantitative estimate of drug-likeness (QED) is 0.766.